The monoisotopic (exact) mass is 303 g/mol. The van der Waals surface area contributed by atoms with Crippen LogP contribution >= 0.6 is 0 Å². The molecule has 1 aromatic carbocycles. The Morgan fingerprint density at radius 1 is 1.27 bits per heavy atom. The van der Waals surface area contributed by atoms with Gasteiger partial charge in [0.25, 0.3) is 11.8 Å². The van der Waals surface area contributed by atoms with Crippen LogP contribution < -0.4 is 15.4 Å². The van der Waals surface area contributed by atoms with Crippen LogP contribution in [0.5, 0.6) is 5.75 Å². The number of aryl methyl sites for hydroxylation is 1. The van der Waals surface area contributed by atoms with Crippen LogP contribution in [0.1, 0.15) is 23.2 Å². The first-order chi connectivity index (χ1) is 10.6. The average molecular weight is 303 g/mol. The number of amides is 2. The van der Waals surface area contributed by atoms with Gasteiger partial charge in [0.15, 0.2) is 12.3 Å². The largest absolute Gasteiger partial charge is 0.484 e. The molecule has 1 aromatic heterocycles. The van der Waals surface area contributed by atoms with Gasteiger partial charge in [-0.25, -0.2) is 0 Å². The average Bonchev–Trinajstić information content (AvgIpc) is 2.93. The molecule has 2 aromatic rings. The zero-order valence-corrected chi connectivity index (χ0v) is 12.4. The van der Waals surface area contributed by atoms with E-state index in [9.17, 15) is 9.59 Å². The Labute approximate surface area is 127 Å². The van der Waals surface area contributed by atoms with Crippen molar-refractivity contribution in [2.24, 2.45) is 0 Å². The molecule has 0 saturated heterocycles. The van der Waals surface area contributed by atoms with Crippen LogP contribution in [0.2, 0.25) is 0 Å². The summed E-state index contributed by atoms with van der Waals surface area (Å²) in [6.45, 7) is 4.07. The highest BCUT2D eigenvalue weighted by Gasteiger charge is 2.11. The summed E-state index contributed by atoms with van der Waals surface area (Å²) < 4.78 is 10.2. The molecule has 1 heterocycles. The first-order valence-corrected chi connectivity index (χ1v) is 6.82. The van der Waals surface area contributed by atoms with Crippen LogP contribution in [0.25, 0.3) is 0 Å². The number of ether oxygens (including phenoxy) is 1. The molecule has 0 aliphatic heterocycles. The van der Waals surface area contributed by atoms with Gasteiger partial charge in [-0.05, 0) is 38.1 Å². The summed E-state index contributed by atoms with van der Waals surface area (Å²) in [5.74, 6) is 0.579. The van der Waals surface area contributed by atoms with E-state index < -0.39 is 0 Å². The van der Waals surface area contributed by atoms with E-state index >= 15 is 0 Å². The zero-order valence-electron chi connectivity index (χ0n) is 12.4. The SMILES string of the molecule is CCNC(=O)COc1ccc(NC(=O)c2cc(C)on2)cc1. The fourth-order valence-corrected chi connectivity index (χ4v) is 1.70. The summed E-state index contributed by atoms with van der Waals surface area (Å²) in [6.07, 6.45) is 0. The summed E-state index contributed by atoms with van der Waals surface area (Å²) in [6, 6.07) is 8.25. The molecular formula is C15H17N3O4. The minimum absolute atomic E-state index is 0.0439. The number of nitrogens with zero attached hydrogens (tertiary/aromatic N) is 1. The van der Waals surface area contributed by atoms with E-state index in [1.165, 1.54) is 0 Å². The lowest BCUT2D eigenvalue weighted by atomic mass is 10.3. The Morgan fingerprint density at radius 3 is 2.59 bits per heavy atom. The third-order valence-corrected chi connectivity index (χ3v) is 2.72. The topological polar surface area (TPSA) is 93.5 Å². The molecule has 2 rings (SSSR count). The number of benzene rings is 1. The fourth-order valence-electron chi connectivity index (χ4n) is 1.70. The van der Waals surface area contributed by atoms with E-state index in [1.807, 2.05) is 6.92 Å². The van der Waals surface area contributed by atoms with Crippen molar-refractivity contribution in [2.45, 2.75) is 13.8 Å². The lowest BCUT2D eigenvalue weighted by molar-refractivity contribution is -0.122. The van der Waals surface area contributed by atoms with Crippen LogP contribution in [-0.4, -0.2) is 30.1 Å². The van der Waals surface area contributed by atoms with Crippen molar-refractivity contribution in [1.82, 2.24) is 10.5 Å². The van der Waals surface area contributed by atoms with Gasteiger partial charge in [-0.15, -0.1) is 0 Å². The number of nitrogens with one attached hydrogen (secondary N) is 2. The molecule has 0 unspecified atom stereocenters. The Morgan fingerprint density at radius 2 is 2.00 bits per heavy atom. The predicted molar refractivity (Wildman–Crippen MR) is 79.8 cm³/mol. The van der Waals surface area contributed by atoms with Crippen molar-refractivity contribution in [3.05, 3.63) is 41.8 Å². The highest BCUT2D eigenvalue weighted by molar-refractivity contribution is 6.02. The molecule has 0 spiro atoms. The molecular weight excluding hydrogens is 286 g/mol. The van der Waals surface area contributed by atoms with Gasteiger partial charge < -0.3 is 19.9 Å². The highest BCUT2D eigenvalue weighted by atomic mass is 16.5. The first kappa shape index (κ1) is 15.6. The lowest BCUT2D eigenvalue weighted by Gasteiger charge is -2.07. The van der Waals surface area contributed by atoms with Gasteiger partial charge >= 0.3 is 0 Å². The minimum Gasteiger partial charge on any atom is -0.484 e. The Balaban J connectivity index is 1.89. The molecule has 0 saturated carbocycles. The third kappa shape index (κ3) is 4.34. The molecule has 0 atom stereocenters. The number of carbonyl (C=O) groups is 2. The van der Waals surface area contributed by atoms with Gasteiger partial charge in [-0.1, -0.05) is 5.16 Å². The number of hydrogen-bond donors (Lipinski definition) is 2. The number of hydrogen-bond acceptors (Lipinski definition) is 5. The number of aromatic nitrogens is 1. The standard InChI is InChI=1S/C15H17N3O4/c1-3-16-14(19)9-21-12-6-4-11(5-7-12)17-15(20)13-8-10(2)22-18-13/h4-8H,3,9H2,1-2H3,(H,16,19)(H,17,20). The summed E-state index contributed by atoms with van der Waals surface area (Å²) in [5, 5.41) is 8.96. The number of rotatable bonds is 6. The molecule has 7 heteroatoms. The van der Waals surface area contributed by atoms with Crippen molar-refractivity contribution >= 4 is 17.5 Å². The van der Waals surface area contributed by atoms with Gasteiger partial charge in [-0.3, -0.25) is 9.59 Å². The van der Waals surface area contributed by atoms with Crippen molar-refractivity contribution in [2.75, 3.05) is 18.5 Å². The number of likely N-dealkylation sites (N-methyl/N-ethyl adjacent to an activating group) is 1. The van der Waals surface area contributed by atoms with Crippen molar-refractivity contribution in [3.8, 4) is 5.75 Å². The second-order valence-electron chi connectivity index (χ2n) is 4.54. The van der Waals surface area contributed by atoms with E-state index in [1.54, 1.807) is 37.3 Å². The quantitative estimate of drug-likeness (QED) is 0.848. The van der Waals surface area contributed by atoms with Crippen molar-refractivity contribution < 1.29 is 18.8 Å². The third-order valence-electron chi connectivity index (χ3n) is 2.72. The maximum Gasteiger partial charge on any atom is 0.277 e. The number of anilines is 1. The molecule has 2 amide bonds. The van der Waals surface area contributed by atoms with E-state index in [0.29, 0.717) is 23.7 Å². The van der Waals surface area contributed by atoms with E-state index in [2.05, 4.69) is 15.8 Å². The van der Waals surface area contributed by atoms with Gasteiger partial charge in [-0.2, -0.15) is 0 Å². The van der Waals surface area contributed by atoms with Crippen LogP contribution in [0.15, 0.2) is 34.9 Å². The van der Waals surface area contributed by atoms with E-state index in [-0.39, 0.29) is 24.1 Å². The van der Waals surface area contributed by atoms with Crippen molar-refractivity contribution in [3.63, 3.8) is 0 Å². The highest BCUT2D eigenvalue weighted by Crippen LogP contribution is 2.16. The Kier molecular flexibility index (Phi) is 5.13. The maximum absolute atomic E-state index is 11.9. The van der Waals surface area contributed by atoms with Gasteiger partial charge in [0.2, 0.25) is 0 Å². The van der Waals surface area contributed by atoms with E-state index in [4.69, 9.17) is 9.26 Å². The molecule has 0 radical (unpaired) electrons. The summed E-state index contributed by atoms with van der Waals surface area (Å²) >= 11 is 0. The molecule has 22 heavy (non-hydrogen) atoms. The zero-order chi connectivity index (χ0) is 15.9. The first-order valence-electron chi connectivity index (χ1n) is 6.82. The van der Waals surface area contributed by atoms with Gasteiger partial charge in [0.1, 0.15) is 11.5 Å². The smallest absolute Gasteiger partial charge is 0.277 e. The molecule has 0 fully saturated rings. The molecule has 116 valence electrons. The molecule has 0 aliphatic rings. The Bertz CT molecular complexity index is 649. The van der Waals surface area contributed by atoms with Gasteiger partial charge in [0, 0.05) is 18.3 Å². The second kappa shape index (κ2) is 7.26. The lowest BCUT2D eigenvalue weighted by Crippen LogP contribution is -2.28. The maximum atomic E-state index is 11.9. The summed E-state index contributed by atoms with van der Waals surface area (Å²) in [7, 11) is 0. The molecule has 7 nitrogen and oxygen atoms in total. The molecule has 0 aliphatic carbocycles. The predicted octanol–water partition coefficient (Wildman–Crippen LogP) is 1.75. The summed E-state index contributed by atoms with van der Waals surface area (Å²) in [5.41, 5.74) is 0.810. The normalized spacial score (nSPS) is 10.1. The second-order valence-corrected chi connectivity index (χ2v) is 4.54. The van der Waals surface area contributed by atoms with Crippen LogP contribution in [-0.2, 0) is 4.79 Å². The number of carbonyl (C=O) groups excluding carboxylic acids is 2. The molecule has 2 N–H and O–H groups in total. The van der Waals surface area contributed by atoms with Crippen molar-refractivity contribution in [1.29, 1.82) is 0 Å². The van der Waals surface area contributed by atoms with Crippen LogP contribution in [0.4, 0.5) is 5.69 Å². The molecule has 0 bridgehead atoms. The summed E-state index contributed by atoms with van der Waals surface area (Å²) in [4.78, 5) is 23.2. The van der Waals surface area contributed by atoms with Gasteiger partial charge in [0.05, 0.1) is 0 Å². The van der Waals surface area contributed by atoms with Crippen LogP contribution in [0.3, 0.4) is 0 Å². The Hall–Kier alpha value is -2.83. The van der Waals surface area contributed by atoms with E-state index in [0.717, 1.165) is 0 Å². The minimum atomic E-state index is -0.354. The van der Waals surface area contributed by atoms with Crippen LogP contribution in [0, 0.1) is 6.92 Å². The fraction of sp³-hybridized carbons (Fsp3) is 0.267.